The van der Waals surface area contributed by atoms with Crippen LogP contribution in [0, 0.1) is 11.7 Å². The zero-order chi connectivity index (χ0) is 14.1. The second kappa shape index (κ2) is 5.45. The topological polar surface area (TPSA) is 0 Å². The van der Waals surface area contributed by atoms with Gasteiger partial charge in [0, 0.05) is 4.90 Å². The fourth-order valence-electron chi connectivity index (χ4n) is 2.82. The number of benzene rings is 2. The van der Waals surface area contributed by atoms with Crippen molar-refractivity contribution in [2.24, 2.45) is 5.92 Å². The summed E-state index contributed by atoms with van der Waals surface area (Å²) in [5.74, 6) is 0.313. The lowest BCUT2D eigenvalue weighted by Gasteiger charge is -2.06. The number of thioether (sulfide) groups is 1. The van der Waals surface area contributed by atoms with Crippen LogP contribution in [0.1, 0.15) is 23.6 Å². The lowest BCUT2D eigenvalue weighted by molar-refractivity contribution is 0.625. The van der Waals surface area contributed by atoms with Crippen molar-refractivity contribution in [3.05, 3.63) is 65.0 Å². The Morgan fingerprint density at radius 2 is 1.90 bits per heavy atom. The van der Waals surface area contributed by atoms with Crippen LogP contribution < -0.4 is 0 Å². The van der Waals surface area contributed by atoms with E-state index in [0.717, 1.165) is 12.0 Å². The summed E-state index contributed by atoms with van der Waals surface area (Å²) in [6, 6.07) is 13.7. The molecular weight excluding hydrogens is 267 g/mol. The van der Waals surface area contributed by atoms with E-state index in [0.29, 0.717) is 5.92 Å². The number of hydrogen-bond donors (Lipinski definition) is 0. The van der Waals surface area contributed by atoms with Gasteiger partial charge in [0.2, 0.25) is 0 Å². The molecule has 0 N–H and O–H groups in total. The maximum atomic E-state index is 13.3. The van der Waals surface area contributed by atoms with Crippen molar-refractivity contribution in [2.75, 3.05) is 6.26 Å². The van der Waals surface area contributed by atoms with Gasteiger partial charge in [-0.15, -0.1) is 11.8 Å². The Labute approximate surface area is 123 Å². The van der Waals surface area contributed by atoms with Crippen LogP contribution in [0.25, 0.3) is 11.6 Å². The molecule has 102 valence electrons. The molecule has 2 aromatic carbocycles. The van der Waals surface area contributed by atoms with Crippen molar-refractivity contribution >= 4 is 23.4 Å². The van der Waals surface area contributed by atoms with Gasteiger partial charge in [-0.05, 0) is 65.1 Å². The molecule has 0 saturated heterocycles. The van der Waals surface area contributed by atoms with Gasteiger partial charge in [-0.25, -0.2) is 4.39 Å². The van der Waals surface area contributed by atoms with Gasteiger partial charge in [-0.2, -0.15) is 0 Å². The number of fused-ring (bicyclic) bond motifs is 1. The summed E-state index contributed by atoms with van der Waals surface area (Å²) in [6.07, 6.45) is 5.25. The second-order valence-electron chi connectivity index (χ2n) is 5.28. The van der Waals surface area contributed by atoms with Crippen LogP contribution in [0.3, 0.4) is 0 Å². The average molecular weight is 284 g/mol. The molecule has 1 aliphatic carbocycles. The SMILES string of the molecule is CSc1ccc(/C=C2\c3ccc(F)cc3CC2C)cc1. The van der Waals surface area contributed by atoms with E-state index >= 15 is 0 Å². The van der Waals surface area contributed by atoms with Gasteiger partial charge in [-0.1, -0.05) is 31.2 Å². The number of hydrogen-bond acceptors (Lipinski definition) is 1. The quantitative estimate of drug-likeness (QED) is 0.676. The molecule has 0 amide bonds. The lowest BCUT2D eigenvalue weighted by atomic mass is 9.99. The summed E-state index contributed by atoms with van der Waals surface area (Å²) in [4.78, 5) is 1.27. The first-order valence-electron chi connectivity index (χ1n) is 6.82. The van der Waals surface area contributed by atoms with E-state index in [4.69, 9.17) is 0 Å². The predicted molar refractivity (Wildman–Crippen MR) is 85.4 cm³/mol. The molecule has 0 aromatic heterocycles. The first kappa shape index (κ1) is 13.4. The fourth-order valence-corrected chi connectivity index (χ4v) is 3.23. The maximum Gasteiger partial charge on any atom is 0.123 e. The lowest BCUT2D eigenvalue weighted by Crippen LogP contribution is -1.90. The third-order valence-electron chi connectivity index (χ3n) is 3.87. The van der Waals surface area contributed by atoms with E-state index in [-0.39, 0.29) is 5.82 Å². The Morgan fingerprint density at radius 3 is 2.60 bits per heavy atom. The van der Waals surface area contributed by atoms with Crippen LogP contribution in [-0.2, 0) is 6.42 Å². The summed E-state index contributed by atoms with van der Waals surface area (Å²) >= 11 is 1.75. The minimum Gasteiger partial charge on any atom is -0.207 e. The molecule has 1 unspecified atom stereocenters. The molecule has 1 aliphatic rings. The molecule has 0 heterocycles. The van der Waals surface area contributed by atoms with Crippen molar-refractivity contribution in [1.29, 1.82) is 0 Å². The molecule has 2 aromatic rings. The highest BCUT2D eigenvalue weighted by molar-refractivity contribution is 7.98. The molecule has 0 spiro atoms. The van der Waals surface area contributed by atoms with Gasteiger partial charge in [0.15, 0.2) is 0 Å². The molecule has 2 heteroatoms. The monoisotopic (exact) mass is 284 g/mol. The van der Waals surface area contributed by atoms with Crippen LogP contribution in [-0.4, -0.2) is 6.26 Å². The molecule has 1 atom stereocenters. The summed E-state index contributed by atoms with van der Waals surface area (Å²) in [6.45, 7) is 2.21. The maximum absolute atomic E-state index is 13.3. The van der Waals surface area contributed by atoms with Crippen molar-refractivity contribution in [3.63, 3.8) is 0 Å². The van der Waals surface area contributed by atoms with Gasteiger partial charge in [0.25, 0.3) is 0 Å². The minimum atomic E-state index is -0.137. The van der Waals surface area contributed by atoms with Crippen LogP contribution in [0.2, 0.25) is 0 Å². The molecule has 0 aliphatic heterocycles. The third kappa shape index (κ3) is 2.53. The summed E-state index contributed by atoms with van der Waals surface area (Å²) in [5, 5.41) is 0. The van der Waals surface area contributed by atoms with E-state index in [1.54, 1.807) is 23.9 Å². The van der Waals surface area contributed by atoms with Gasteiger partial charge in [0.1, 0.15) is 5.82 Å². The van der Waals surface area contributed by atoms with Gasteiger partial charge in [-0.3, -0.25) is 0 Å². The van der Waals surface area contributed by atoms with E-state index in [2.05, 4.69) is 43.5 Å². The number of allylic oxidation sites excluding steroid dienone is 1. The largest absolute Gasteiger partial charge is 0.207 e. The summed E-state index contributed by atoms with van der Waals surface area (Å²) in [7, 11) is 0. The first-order valence-corrected chi connectivity index (χ1v) is 8.04. The van der Waals surface area contributed by atoms with Crippen LogP contribution >= 0.6 is 11.8 Å². The van der Waals surface area contributed by atoms with Crippen molar-refractivity contribution < 1.29 is 4.39 Å². The molecule has 0 nitrogen and oxygen atoms in total. The third-order valence-corrected chi connectivity index (χ3v) is 4.62. The zero-order valence-corrected chi connectivity index (χ0v) is 12.5. The summed E-state index contributed by atoms with van der Waals surface area (Å²) in [5.41, 5.74) is 4.86. The minimum absolute atomic E-state index is 0.137. The molecular formula is C18H17FS. The molecule has 0 saturated carbocycles. The highest BCUT2D eigenvalue weighted by atomic mass is 32.2. The Balaban J connectivity index is 1.99. The van der Waals surface area contributed by atoms with Gasteiger partial charge in [0.05, 0.1) is 0 Å². The van der Waals surface area contributed by atoms with Crippen molar-refractivity contribution in [3.8, 4) is 0 Å². The van der Waals surface area contributed by atoms with Gasteiger partial charge < -0.3 is 0 Å². The highest BCUT2D eigenvalue weighted by Crippen LogP contribution is 2.38. The van der Waals surface area contributed by atoms with Crippen molar-refractivity contribution in [1.82, 2.24) is 0 Å². The number of halogens is 1. The Morgan fingerprint density at radius 1 is 1.15 bits per heavy atom. The van der Waals surface area contributed by atoms with E-state index in [1.165, 1.54) is 21.6 Å². The smallest absolute Gasteiger partial charge is 0.123 e. The second-order valence-corrected chi connectivity index (χ2v) is 6.16. The molecule has 3 rings (SSSR count). The molecule has 0 radical (unpaired) electrons. The Bertz CT molecular complexity index is 656. The Kier molecular flexibility index (Phi) is 3.66. The molecule has 0 bridgehead atoms. The fraction of sp³-hybridized carbons (Fsp3) is 0.222. The average Bonchev–Trinajstić information content (AvgIpc) is 2.75. The van der Waals surface area contributed by atoms with Crippen molar-refractivity contribution in [2.45, 2.75) is 18.2 Å². The highest BCUT2D eigenvalue weighted by Gasteiger charge is 2.23. The first-order chi connectivity index (χ1) is 9.67. The summed E-state index contributed by atoms with van der Waals surface area (Å²) < 4.78 is 13.3. The van der Waals surface area contributed by atoms with E-state index in [9.17, 15) is 4.39 Å². The Hall–Kier alpha value is -1.54. The van der Waals surface area contributed by atoms with Gasteiger partial charge >= 0.3 is 0 Å². The predicted octanol–water partition coefficient (Wildman–Crippen LogP) is 5.28. The van der Waals surface area contributed by atoms with Crippen LogP contribution in [0.5, 0.6) is 0 Å². The van der Waals surface area contributed by atoms with Crippen LogP contribution in [0.4, 0.5) is 4.39 Å². The zero-order valence-electron chi connectivity index (χ0n) is 11.7. The standard InChI is InChI=1S/C18H17FS/c1-12-9-14-11-15(19)5-8-17(14)18(12)10-13-3-6-16(20-2)7-4-13/h3-8,10-12H,9H2,1-2H3/b18-10-. The number of rotatable bonds is 2. The molecule has 0 fully saturated rings. The normalized spacial score (nSPS) is 19.4. The van der Waals surface area contributed by atoms with E-state index in [1.807, 2.05) is 6.07 Å². The molecule has 20 heavy (non-hydrogen) atoms. The van der Waals surface area contributed by atoms with E-state index < -0.39 is 0 Å². The van der Waals surface area contributed by atoms with Crippen LogP contribution in [0.15, 0.2) is 47.4 Å².